The first-order valence-electron chi connectivity index (χ1n) is 4.38. The molecule has 0 unspecified atom stereocenters. The lowest BCUT2D eigenvalue weighted by Crippen LogP contribution is -2.17. The Balaban J connectivity index is 0.000000211. The van der Waals surface area contributed by atoms with Gasteiger partial charge in [-0.15, -0.1) is 0 Å². The monoisotopic (exact) mass is 173 g/mol. The zero-order valence-electron chi connectivity index (χ0n) is 8.22. The molecule has 1 rings (SSSR count). The van der Waals surface area contributed by atoms with Crippen LogP contribution >= 0.6 is 0 Å². The second-order valence-electron chi connectivity index (χ2n) is 3.78. The maximum atomic E-state index is 9.60. The van der Waals surface area contributed by atoms with Crippen molar-refractivity contribution in [2.24, 2.45) is 0 Å². The fraction of sp³-hybridized carbons (Fsp3) is 0.889. The fourth-order valence-corrected chi connectivity index (χ4v) is 0.769. The predicted molar refractivity (Wildman–Crippen MR) is 49.0 cm³/mol. The van der Waals surface area contributed by atoms with E-state index in [1.165, 1.54) is 25.9 Å². The van der Waals surface area contributed by atoms with Crippen LogP contribution in [0.3, 0.4) is 0 Å². The zero-order valence-corrected chi connectivity index (χ0v) is 8.22. The largest absolute Gasteiger partial charge is 0.462 e. The molecular weight excluding hydrogens is 154 g/mol. The predicted octanol–water partition coefficient (Wildman–Crippen LogP) is 1.33. The Labute approximate surface area is 74.5 Å². The molecule has 0 atom stereocenters. The van der Waals surface area contributed by atoms with Crippen LogP contribution in [0.5, 0.6) is 0 Å². The van der Waals surface area contributed by atoms with Crippen molar-refractivity contribution < 1.29 is 9.53 Å². The van der Waals surface area contributed by atoms with Crippen molar-refractivity contribution in [3.63, 3.8) is 0 Å². The molecule has 0 aromatic rings. The fourth-order valence-electron chi connectivity index (χ4n) is 0.769. The number of ether oxygens (including phenoxy) is 1. The molecule has 0 bridgehead atoms. The van der Waals surface area contributed by atoms with Crippen molar-refractivity contribution in [2.75, 3.05) is 13.1 Å². The molecule has 1 aliphatic rings. The first kappa shape index (κ1) is 11.4. The summed E-state index contributed by atoms with van der Waals surface area (Å²) in [6.07, 6.45) is 2.78. The van der Waals surface area contributed by atoms with E-state index in [1.807, 2.05) is 20.8 Å². The maximum Gasteiger partial charge on any atom is 0.293 e. The zero-order chi connectivity index (χ0) is 9.45. The van der Waals surface area contributed by atoms with Crippen molar-refractivity contribution in [3.05, 3.63) is 0 Å². The van der Waals surface area contributed by atoms with Gasteiger partial charge in [-0.05, 0) is 46.7 Å². The number of carbonyl (C=O) groups excluding carboxylic acids is 1. The molecule has 0 aromatic heterocycles. The molecule has 0 amide bonds. The Bertz CT molecular complexity index is 107. The van der Waals surface area contributed by atoms with Gasteiger partial charge >= 0.3 is 0 Å². The van der Waals surface area contributed by atoms with E-state index < -0.39 is 0 Å². The van der Waals surface area contributed by atoms with Gasteiger partial charge in [0.2, 0.25) is 0 Å². The molecule has 1 aliphatic heterocycles. The molecular formula is C9H19NO2. The van der Waals surface area contributed by atoms with E-state index in [0.29, 0.717) is 6.47 Å². The highest BCUT2D eigenvalue weighted by molar-refractivity contribution is 5.37. The average Bonchev–Trinajstić information content (AvgIpc) is 2.38. The Hall–Kier alpha value is -0.570. The number of hydrogen-bond donors (Lipinski definition) is 1. The highest BCUT2D eigenvalue weighted by atomic mass is 16.5. The van der Waals surface area contributed by atoms with Crippen LogP contribution in [-0.2, 0) is 9.53 Å². The van der Waals surface area contributed by atoms with Crippen LogP contribution in [0.25, 0.3) is 0 Å². The van der Waals surface area contributed by atoms with Crippen LogP contribution in [0.2, 0.25) is 0 Å². The van der Waals surface area contributed by atoms with Gasteiger partial charge in [-0.2, -0.15) is 0 Å². The highest BCUT2D eigenvalue weighted by Crippen LogP contribution is 2.02. The van der Waals surface area contributed by atoms with Crippen molar-refractivity contribution in [3.8, 4) is 0 Å². The highest BCUT2D eigenvalue weighted by Gasteiger charge is 2.07. The third kappa shape index (κ3) is 9.43. The van der Waals surface area contributed by atoms with Crippen LogP contribution in [0, 0.1) is 0 Å². The van der Waals surface area contributed by atoms with E-state index in [9.17, 15) is 4.79 Å². The standard InChI is InChI=1S/C5H10O2.C4H9N/c1-5(2,3)7-4-6;1-2-4-5-3-1/h4H,1-3H3;5H,1-4H2. The molecule has 3 heteroatoms. The van der Waals surface area contributed by atoms with E-state index in [-0.39, 0.29) is 5.60 Å². The summed E-state index contributed by atoms with van der Waals surface area (Å²) in [5.41, 5.74) is -0.318. The normalized spacial score (nSPS) is 16.2. The van der Waals surface area contributed by atoms with Crippen LogP contribution in [0.4, 0.5) is 0 Å². The maximum absolute atomic E-state index is 9.60. The third-order valence-electron chi connectivity index (χ3n) is 1.36. The molecule has 0 aromatic carbocycles. The molecule has 0 spiro atoms. The van der Waals surface area contributed by atoms with E-state index in [4.69, 9.17) is 0 Å². The molecule has 0 radical (unpaired) electrons. The molecule has 1 heterocycles. The van der Waals surface area contributed by atoms with Gasteiger partial charge in [0.25, 0.3) is 6.47 Å². The number of nitrogens with one attached hydrogen (secondary N) is 1. The van der Waals surface area contributed by atoms with Crippen molar-refractivity contribution in [1.29, 1.82) is 0 Å². The number of hydrogen-bond acceptors (Lipinski definition) is 3. The molecule has 72 valence electrons. The van der Waals surface area contributed by atoms with Gasteiger partial charge in [-0.25, -0.2) is 0 Å². The molecule has 3 nitrogen and oxygen atoms in total. The molecule has 1 fully saturated rings. The third-order valence-corrected chi connectivity index (χ3v) is 1.36. The van der Waals surface area contributed by atoms with Crippen molar-refractivity contribution in [2.45, 2.75) is 39.2 Å². The first-order chi connectivity index (χ1) is 5.56. The summed E-state index contributed by atoms with van der Waals surface area (Å²) in [6, 6.07) is 0. The molecule has 1 N–H and O–H groups in total. The van der Waals surface area contributed by atoms with Crippen LogP contribution in [0.15, 0.2) is 0 Å². The van der Waals surface area contributed by atoms with E-state index >= 15 is 0 Å². The Morgan fingerprint density at radius 2 is 1.75 bits per heavy atom. The van der Waals surface area contributed by atoms with Gasteiger partial charge in [0, 0.05) is 0 Å². The number of rotatable bonds is 1. The van der Waals surface area contributed by atoms with Crippen LogP contribution in [0.1, 0.15) is 33.6 Å². The summed E-state index contributed by atoms with van der Waals surface area (Å²) in [6.45, 7) is 8.42. The first-order valence-corrected chi connectivity index (χ1v) is 4.38. The minimum absolute atomic E-state index is 0.318. The van der Waals surface area contributed by atoms with Crippen molar-refractivity contribution in [1.82, 2.24) is 5.32 Å². The Morgan fingerprint density at radius 3 is 1.83 bits per heavy atom. The molecule has 1 saturated heterocycles. The van der Waals surface area contributed by atoms with Crippen molar-refractivity contribution >= 4 is 6.47 Å². The number of carbonyl (C=O) groups is 1. The van der Waals surface area contributed by atoms with Gasteiger partial charge in [0.15, 0.2) is 0 Å². The van der Waals surface area contributed by atoms with Gasteiger partial charge in [0.1, 0.15) is 5.60 Å². The summed E-state index contributed by atoms with van der Waals surface area (Å²) in [4.78, 5) is 9.60. The minimum Gasteiger partial charge on any atom is -0.462 e. The topological polar surface area (TPSA) is 38.3 Å². The summed E-state index contributed by atoms with van der Waals surface area (Å²) in [5.74, 6) is 0. The molecule has 0 aliphatic carbocycles. The summed E-state index contributed by atoms with van der Waals surface area (Å²) in [7, 11) is 0. The lowest BCUT2D eigenvalue weighted by molar-refractivity contribution is -0.138. The minimum atomic E-state index is -0.318. The SMILES string of the molecule is C1CCNC1.CC(C)(C)OC=O. The van der Waals surface area contributed by atoms with Gasteiger partial charge in [0.05, 0.1) is 0 Å². The second kappa shape index (κ2) is 6.00. The summed E-state index contributed by atoms with van der Waals surface area (Å²) < 4.78 is 4.55. The van der Waals surface area contributed by atoms with E-state index in [2.05, 4.69) is 10.1 Å². The van der Waals surface area contributed by atoms with E-state index in [1.54, 1.807) is 0 Å². The van der Waals surface area contributed by atoms with Gasteiger partial charge < -0.3 is 10.1 Å². The van der Waals surface area contributed by atoms with Crippen LogP contribution < -0.4 is 5.32 Å². The quantitative estimate of drug-likeness (QED) is 0.608. The summed E-state index contributed by atoms with van der Waals surface area (Å²) in [5, 5.41) is 3.22. The lowest BCUT2D eigenvalue weighted by Gasteiger charge is -2.14. The Kier molecular flexibility index (Phi) is 5.72. The molecule has 12 heavy (non-hydrogen) atoms. The lowest BCUT2D eigenvalue weighted by atomic mass is 10.2. The summed E-state index contributed by atoms with van der Waals surface area (Å²) >= 11 is 0. The van der Waals surface area contributed by atoms with Crippen LogP contribution in [-0.4, -0.2) is 25.2 Å². The molecule has 0 saturated carbocycles. The Morgan fingerprint density at radius 1 is 1.25 bits per heavy atom. The van der Waals surface area contributed by atoms with E-state index in [0.717, 1.165) is 0 Å². The second-order valence-corrected chi connectivity index (χ2v) is 3.78. The van der Waals surface area contributed by atoms with Gasteiger partial charge in [-0.3, -0.25) is 4.79 Å². The van der Waals surface area contributed by atoms with Gasteiger partial charge in [-0.1, -0.05) is 0 Å². The smallest absolute Gasteiger partial charge is 0.293 e. The average molecular weight is 173 g/mol.